The van der Waals surface area contributed by atoms with Gasteiger partial charge in [-0.05, 0) is 25.5 Å². The van der Waals surface area contributed by atoms with Crippen LogP contribution in [0.15, 0.2) is 48.2 Å². The largest absolute Gasteiger partial charge is 0.487 e. The number of benzene rings is 1. The van der Waals surface area contributed by atoms with Gasteiger partial charge < -0.3 is 4.74 Å². The number of ketones is 1. The van der Waals surface area contributed by atoms with Gasteiger partial charge in [-0.25, -0.2) is 0 Å². The van der Waals surface area contributed by atoms with Gasteiger partial charge in [-0.3, -0.25) is 4.79 Å². The van der Waals surface area contributed by atoms with Gasteiger partial charge in [0, 0.05) is 12.5 Å². The average molecular weight is 228 g/mol. The second-order valence-corrected chi connectivity index (χ2v) is 4.80. The number of hydrogen-bond acceptors (Lipinski definition) is 2. The molecule has 2 nitrogen and oxygen atoms in total. The van der Waals surface area contributed by atoms with E-state index < -0.39 is 5.60 Å². The molecule has 1 aromatic carbocycles. The summed E-state index contributed by atoms with van der Waals surface area (Å²) in [6.45, 7) is 3.85. The van der Waals surface area contributed by atoms with Crippen LogP contribution in [-0.2, 0) is 9.53 Å². The summed E-state index contributed by atoms with van der Waals surface area (Å²) >= 11 is 0. The van der Waals surface area contributed by atoms with Crippen molar-refractivity contribution in [1.29, 1.82) is 0 Å². The maximum absolute atomic E-state index is 11.5. The summed E-state index contributed by atoms with van der Waals surface area (Å²) in [7, 11) is 0. The lowest BCUT2D eigenvalue weighted by Crippen LogP contribution is -2.30. The zero-order chi connectivity index (χ0) is 12.3. The van der Waals surface area contributed by atoms with Crippen LogP contribution in [0.3, 0.4) is 0 Å². The first-order valence-corrected chi connectivity index (χ1v) is 5.72. The van der Waals surface area contributed by atoms with E-state index in [1.807, 2.05) is 56.3 Å². The first kappa shape index (κ1) is 11.6. The number of rotatable bonds is 2. The van der Waals surface area contributed by atoms with Gasteiger partial charge in [0.2, 0.25) is 0 Å². The molecule has 0 aromatic heterocycles. The number of ether oxygens (including phenoxy) is 1. The highest BCUT2D eigenvalue weighted by molar-refractivity contribution is 5.92. The minimum Gasteiger partial charge on any atom is -0.487 e. The molecule has 2 heteroatoms. The van der Waals surface area contributed by atoms with Crippen LogP contribution in [0.4, 0.5) is 0 Å². The molecule has 0 atom stereocenters. The summed E-state index contributed by atoms with van der Waals surface area (Å²) < 4.78 is 5.72. The molecule has 1 aliphatic heterocycles. The summed E-state index contributed by atoms with van der Waals surface area (Å²) in [5.41, 5.74) is 0.690. The van der Waals surface area contributed by atoms with Crippen LogP contribution in [0.25, 0.3) is 6.08 Å². The second-order valence-electron chi connectivity index (χ2n) is 4.80. The molecule has 1 aliphatic rings. The Kier molecular flexibility index (Phi) is 3.14. The van der Waals surface area contributed by atoms with Gasteiger partial charge in [0.1, 0.15) is 11.4 Å². The van der Waals surface area contributed by atoms with Crippen molar-refractivity contribution in [2.45, 2.75) is 25.9 Å². The molecular weight excluding hydrogens is 212 g/mol. The average Bonchev–Trinajstić information content (AvgIpc) is 2.25. The zero-order valence-corrected chi connectivity index (χ0v) is 10.1. The molecule has 0 N–H and O–H groups in total. The highest BCUT2D eigenvalue weighted by Gasteiger charge is 2.27. The van der Waals surface area contributed by atoms with Gasteiger partial charge in [0.15, 0.2) is 5.78 Å². The fourth-order valence-electron chi connectivity index (χ4n) is 1.84. The van der Waals surface area contributed by atoms with E-state index in [1.54, 1.807) is 6.08 Å². The maximum atomic E-state index is 11.5. The third-order valence-electron chi connectivity index (χ3n) is 2.54. The first-order chi connectivity index (χ1) is 8.05. The van der Waals surface area contributed by atoms with Gasteiger partial charge in [0.25, 0.3) is 0 Å². The van der Waals surface area contributed by atoms with E-state index in [9.17, 15) is 4.79 Å². The predicted molar refractivity (Wildman–Crippen MR) is 68.3 cm³/mol. The van der Waals surface area contributed by atoms with Crippen LogP contribution in [-0.4, -0.2) is 11.4 Å². The second kappa shape index (κ2) is 4.58. The molecule has 0 fully saturated rings. The van der Waals surface area contributed by atoms with Crippen molar-refractivity contribution >= 4 is 11.9 Å². The van der Waals surface area contributed by atoms with Crippen molar-refractivity contribution in [2.24, 2.45) is 0 Å². The Morgan fingerprint density at radius 3 is 2.53 bits per heavy atom. The first-order valence-electron chi connectivity index (χ1n) is 5.72. The van der Waals surface area contributed by atoms with Gasteiger partial charge >= 0.3 is 0 Å². The summed E-state index contributed by atoms with van der Waals surface area (Å²) in [4.78, 5) is 11.5. The third kappa shape index (κ3) is 3.31. The Balaban J connectivity index is 2.14. The number of allylic oxidation sites excluding steroid dienone is 2. The Morgan fingerprint density at radius 1 is 1.18 bits per heavy atom. The van der Waals surface area contributed by atoms with Gasteiger partial charge in [-0.15, -0.1) is 0 Å². The van der Waals surface area contributed by atoms with Crippen LogP contribution < -0.4 is 0 Å². The highest BCUT2D eigenvalue weighted by atomic mass is 16.5. The summed E-state index contributed by atoms with van der Waals surface area (Å²) in [5.74, 6) is 0.754. The molecule has 0 saturated heterocycles. The topological polar surface area (TPSA) is 26.3 Å². The normalized spacial score (nSPS) is 18.9. The van der Waals surface area contributed by atoms with Gasteiger partial charge in [-0.2, -0.15) is 0 Å². The lowest BCUT2D eigenvalue weighted by molar-refractivity contribution is -0.121. The fraction of sp³-hybridized carbons (Fsp3) is 0.267. The zero-order valence-electron chi connectivity index (χ0n) is 10.1. The molecular formula is C15H16O2. The van der Waals surface area contributed by atoms with E-state index in [1.165, 1.54) is 0 Å². The Hall–Kier alpha value is -1.83. The van der Waals surface area contributed by atoms with Gasteiger partial charge in [0.05, 0.1) is 0 Å². The van der Waals surface area contributed by atoms with Crippen LogP contribution >= 0.6 is 0 Å². The molecule has 0 unspecified atom stereocenters. The summed E-state index contributed by atoms with van der Waals surface area (Å²) in [5, 5.41) is 0. The third-order valence-corrected chi connectivity index (χ3v) is 2.54. The molecule has 0 radical (unpaired) electrons. The molecule has 0 bridgehead atoms. The van der Waals surface area contributed by atoms with Crippen molar-refractivity contribution in [3.63, 3.8) is 0 Å². The maximum Gasteiger partial charge on any atom is 0.163 e. The van der Waals surface area contributed by atoms with E-state index in [0.29, 0.717) is 12.2 Å². The van der Waals surface area contributed by atoms with Crippen molar-refractivity contribution in [3.05, 3.63) is 53.8 Å². The lowest BCUT2D eigenvalue weighted by Gasteiger charge is -2.29. The van der Waals surface area contributed by atoms with Crippen LogP contribution in [0.5, 0.6) is 0 Å². The Morgan fingerprint density at radius 2 is 1.88 bits per heavy atom. The molecule has 17 heavy (non-hydrogen) atoms. The van der Waals surface area contributed by atoms with Crippen LogP contribution in [0, 0.1) is 0 Å². The monoisotopic (exact) mass is 228 g/mol. The quantitative estimate of drug-likeness (QED) is 0.776. The number of hydrogen-bond donors (Lipinski definition) is 0. The van der Waals surface area contributed by atoms with E-state index in [2.05, 4.69) is 0 Å². The van der Waals surface area contributed by atoms with Crippen molar-refractivity contribution in [2.75, 3.05) is 0 Å². The molecule has 1 aromatic rings. The molecule has 1 heterocycles. The van der Waals surface area contributed by atoms with Crippen molar-refractivity contribution < 1.29 is 9.53 Å². The van der Waals surface area contributed by atoms with Crippen molar-refractivity contribution in [3.8, 4) is 0 Å². The van der Waals surface area contributed by atoms with E-state index in [-0.39, 0.29) is 5.78 Å². The minimum atomic E-state index is -0.401. The minimum absolute atomic E-state index is 0.119. The molecule has 0 saturated carbocycles. The molecule has 88 valence electrons. The predicted octanol–water partition coefficient (Wildman–Crippen LogP) is 3.35. The number of carbonyl (C=O) groups is 1. The van der Waals surface area contributed by atoms with E-state index in [4.69, 9.17) is 4.74 Å². The van der Waals surface area contributed by atoms with E-state index in [0.717, 1.165) is 5.56 Å². The Bertz CT molecular complexity index is 467. The highest BCUT2D eigenvalue weighted by Crippen LogP contribution is 2.25. The SMILES string of the molecule is CC1(C)CC(=O)C=C(/C=C/c2ccccc2)O1. The van der Waals surface area contributed by atoms with Crippen LogP contribution in [0.1, 0.15) is 25.8 Å². The summed E-state index contributed by atoms with van der Waals surface area (Å²) in [6.07, 6.45) is 5.79. The summed E-state index contributed by atoms with van der Waals surface area (Å²) in [6, 6.07) is 9.94. The lowest BCUT2D eigenvalue weighted by atomic mass is 9.98. The van der Waals surface area contributed by atoms with E-state index >= 15 is 0 Å². The Labute approximate surface area is 102 Å². The fourth-order valence-corrected chi connectivity index (χ4v) is 1.84. The number of carbonyl (C=O) groups excluding carboxylic acids is 1. The standard InChI is InChI=1S/C15H16O2/c1-15(2)11-13(16)10-14(17-15)9-8-12-6-4-3-5-7-12/h3-10H,11H2,1-2H3/b9-8+. The van der Waals surface area contributed by atoms with Crippen molar-refractivity contribution in [1.82, 2.24) is 0 Å². The van der Waals surface area contributed by atoms with Gasteiger partial charge in [-0.1, -0.05) is 36.4 Å². The molecule has 0 spiro atoms. The molecule has 2 rings (SSSR count). The smallest absolute Gasteiger partial charge is 0.163 e. The molecule has 0 aliphatic carbocycles. The molecule has 0 amide bonds. The van der Waals surface area contributed by atoms with Crippen LogP contribution in [0.2, 0.25) is 0 Å².